The van der Waals surface area contributed by atoms with Crippen molar-refractivity contribution in [3.8, 4) is 11.6 Å². The van der Waals surface area contributed by atoms with Crippen molar-refractivity contribution in [1.29, 1.82) is 0 Å². The predicted molar refractivity (Wildman–Crippen MR) is 183 cm³/mol. The average molecular weight is 561 g/mol. The summed E-state index contributed by atoms with van der Waals surface area (Å²) >= 11 is 0. The fraction of sp³-hybridized carbons (Fsp3) is 0. The quantitative estimate of drug-likeness (QED) is 0.211. The molecule has 10 aromatic rings. The zero-order chi connectivity index (χ0) is 28.8. The predicted octanol–water partition coefficient (Wildman–Crippen LogP) is 10.1. The third kappa shape index (κ3) is 3.17. The Kier molecular flexibility index (Phi) is 4.69. The maximum Gasteiger partial charge on any atom is 0.235 e. The molecule has 0 fully saturated rings. The summed E-state index contributed by atoms with van der Waals surface area (Å²) in [6.45, 7) is 0. The van der Waals surface area contributed by atoms with Crippen molar-refractivity contribution in [2.75, 3.05) is 0 Å². The van der Waals surface area contributed by atoms with Crippen LogP contribution >= 0.6 is 0 Å². The smallest absolute Gasteiger partial charge is 0.235 e. The molecule has 0 aliphatic rings. The third-order valence-corrected chi connectivity index (χ3v) is 9.14. The molecule has 3 heterocycles. The Labute approximate surface area is 252 Å². The van der Waals surface area contributed by atoms with Crippen LogP contribution in [0.3, 0.4) is 0 Å². The molecule has 204 valence electrons. The first kappa shape index (κ1) is 23.6. The van der Waals surface area contributed by atoms with Crippen molar-refractivity contribution >= 4 is 76.1 Å². The summed E-state index contributed by atoms with van der Waals surface area (Å²) in [5.74, 6) is 0.676. The molecular weight excluding hydrogens is 536 g/mol. The molecule has 0 radical (unpaired) electrons. The number of para-hydroxylation sites is 2. The lowest BCUT2D eigenvalue weighted by atomic mass is 10.0. The van der Waals surface area contributed by atoms with Crippen LogP contribution in [0.1, 0.15) is 0 Å². The molecule has 0 amide bonds. The fourth-order valence-corrected chi connectivity index (χ4v) is 7.22. The maximum absolute atomic E-state index is 5.03. The van der Waals surface area contributed by atoms with Gasteiger partial charge in [-0.2, -0.15) is 0 Å². The van der Waals surface area contributed by atoms with E-state index < -0.39 is 0 Å². The zero-order valence-electron chi connectivity index (χ0n) is 23.6. The van der Waals surface area contributed by atoms with Crippen molar-refractivity contribution in [3.05, 3.63) is 146 Å². The fourth-order valence-electron chi connectivity index (χ4n) is 7.22. The van der Waals surface area contributed by atoms with E-state index in [0.29, 0.717) is 5.95 Å². The van der Waals surface area contributed by atoms with Crippen molar-refractivity contribution in [2.24, 2.45) is 0 Å². The minimum Gasteiger partial charge on any atom is -0.309 e. The summed E-state index contributed by atoms with van der Waals surface area (Å²) in [6.07, 6.45) is 1.92. The highest BCUT2D eigenvalue weighted by Gasteiger charge is 2.19. The van der Waals surface area contributed by atoms with E-state index in [-0.39, 0.29) is 0 Å². The third-order valence-electron chi connectivity index (χ3n) is 9.14. The number of rotatable bonds is 2. The van der Waals surface area contributed by atoms with Gasteiger partial charge in [-0.1, -0.05) is 97.1 Å². The molecule has 0 spiro atoms. The van der Waals surface area contributed by atoms with Crippen molar-refractivity contribution in [3.63, 3.8) is 0 Å². The Morgan fingerprint density at radius 3 is 1.75 bits per heavy atom. The van der Waals surface area contributed by atoms with E-state index in [1.165, 1.54) is 54.1 Å². The molecule has 0 saturated heterocycles. The summed E-state index contributed by atoms with van der Waals surface area (Å²) in [5, 5.41) is 10.9. The van der Waals surface area contributed by atoms with Gasteiger partial charge in [-0.25, -0.2) is 9.97 Å². The van der Waals surface area contributed by atoms with Crippen molar-refractivity contribution < 1.29 is 0 Å². The molecule has 4 nitrogen and oxygen atoms in total. The van der Waals surface area contributed by atoms with E-state index in [4.69, 9.17) is 9.97 Å². The summed E-state index contributed by atoms with van der Waals surface area (Å²) in [6, 6.07) is 50.0. The topological polar surface area (TPSA) is 35.6 Å². The second-order valence-corrected chi connectivity index (χ2v) is 11.5. The van der Waals surface area contributed by atoms with Crippen LogP contribution in [-0.4, -0.2) is 19.1 Å². The highest BCUT2D eigenvalue weighted by molar-refractivity contribution is 6.23. The molecule has 0 unspecified atom stereocenters. The Hall–Kier alpha value is -6.00. The molecule has 0 saturated carbocycles. The van der Waals surface area contributed by atoms with Crippen molar-refractivity contribution in [1.82, 2.24) is 19.1 Å². The van der Waals surface area contributed by atoms with Crippen LogP contribution < -0.4 is 0 Å². The van der Waals surface area contributed by atoms with E-state index in [1.54, 1.807) is 0 Å². The number of aromatic nitrogens is 4. The summed E-state index contributed by atoms with van der Waals surface area (Å²) < 4.78 is 4.63. The van der Waals surface area contributed by atoms with E-state index in [1.807, 2.05) is 24.4 Å². The highest BCUT2D eigenvalue weighted by Crippen LogP contribution is 2.40. The van der Waals surface area contributed by atoms with Gasteiger partial charge in [-0.3, -0.25) is 4.57 Å². The van der Waals surface area contributed by atoms with Crippen LogP contribution in [0.15, 0.2) is 146 Å². The minimum absolute atomic E-state index is 0.676. The van der Waals surface area contributed by atoms with Crippen LogP contribution in [0.5, 0.6) is 0 Å². The monoisotopic (exact) mass is 560 g/mol. The van der Waals surface area contributed by atoms with Crippen LogP contribution in [0, 0.1) is 0 Å². The van der Waals surface area contributed by atoms with E-state index >= 15 is 0 Å². The Balaban J connectivity index is 1.34. The van der Waals surface area contributed by atoms with Crippen molar-refractivity contribution in [2.45, 2.75) is 0 Å². The van der Waals surface area contributed by atoms with E-state index in [2.05, 4.69) is 130 Å². The number of hydrogen-bond acceptors (Lipinski definition) is 2. The van der Waals surface area contributed by atoms with Crippen LogP contribution in [0.2, 0.25) is 0 Å². The molecule has 0 aliphatic heterocycles. The summed E-state index contributed by atoms with van der Waals surface area (Å²) in [4.78, 5) is 9.89. The number of nitrogens with zero attached hydrogens (tertiary/aromatic N) is 4. The van der Waals surface area contributed by atoms with Gasteiger partial charge >= 0.3 is 0 Å². The standard InChI is InChI=1S/C40H24N4/c1-4-12-29-25(9-1)17-20-36-38(29)31-14-6-8-16-34(31)43(36)28-19-22-35-32(23-28)39-30-13-5-2-10-26(30)18-21-37(39)44(35)40-41-24-27-11-3-7-15-33(27)42-40/h1-24H. The number of fused-ring (bicyclic) bond motifs is 11. The average Bonchev–Trinajstić information content (AvgIpc) is 3.61. The Morgan fingerprint density at radius 1 is 0.409 bits per heavy atom. The van der Waals surface area contributed by atoms with Gasteiger partial charge in [0, 0.05) is 38.8 Å². The van der Waals surface area contributed by atoms with Gasteiger partial charge in [-0.05, 0) is 64.0 Å². The van der Waals surface area contributed by atoms with Gasteiger partial charge in [0.15, 0.2) is 0 Å². The first-order valence-electron chi connectivity index (χ1n) is 14.9. The van der Waals surface area contributed by atoms with Gasteiger partial charge in [-0.15, -0.1) is 0 Å². The van der Waals surface area contributed by atoms with Crippen LogP contribution in [0.4, 0.5) is 0 Å². The molecule has 44 heavy (non-hydrogen) atoms. The van der Waals surface area contributed by atoms with Gasteiger partial charge in [0.05, 0.1) is 27.6 Å². The second kappa shape index (κ2) is 8.76. The first-order valence-corrected chi connectivity index (χ1v) is 14.9. The van der Waals surface area contributed by atoms with Gasteiger partial charge in [0.1, 0.15) is 0 Å². The van der Waals surface area contributed by atoms with Gasteiger partial charge in [0.25, 0.3) is 0 Å². The summed E-state index contributed by atoms with van der Waals surface area (Å²) in [5.41, 5.74) is 6.65. The van der Waals surface area contributed by atoms with Crippen LogP contribution in [-0.2, 0) is 0 Å². The number of hydrogen-bond donors (Lipinski definition) is 0. The molecule has 7 aromatic carbocycles. The Morgan fingerprint density at radius 2 is 0.977 bits per heavy atom. The lowest BCUT2D eigenvalue weighted by Crippen LogP contribution is -2.01. The lowest BCUT2D eigenvalue weighted by molar-refractivity contribution is 1.01. The van der Waals surface area contributed by atoms with E-state index in [0.717, 1.165) is 27.6 Å². The van der Waals surface area contributed by atoms with Gasteiger partial charge < -0.3 is 4.57 Å². The second-order valence-electron chi connectivity index (χ2n) is 11.5. The molecule has 4 heteroatoms. The molecule has 0 atom stereocenters. The van der Waals surface area contributed by atoms with Crippen LogP contribution in [0.25, 0.3) is 87.7 Å². The molecule has 3 aromatic heterocycles. The minimum atomic E-state index is 0.676. The summed E-state index contributed by atoms with van der Waals surface area (Å²) in [7, 11) is 0. The van der Waals surface area contributed by atoms with Gasteiger partial charge in [0.2, 0.25) is 5.95 Å². The van der Waals surface area contributed by atoms with E-state index in [9.17, 15) is 0 Å². The lowest BCUT2D eigenvalue weighted by Gasteiger charge is -2.10. The SMILES string of the molecule is c1ccc2nc(-n3c4ccc(-n5c6ccccc6c6c7ccccc7ccc65)cc4c4c5ccccc5ccc43)ncc2c1. The maximum atomic E-state index is 5.03. The molecule has 0 N–H and O–H groups in total. The molecule has 10 rings (SSSR count). The largest absolute Gasteiger partial charge is 0.309 e. The molecular formula is C40H24N4. The normalized spacial score (nSPS) is 12.1. The first-order chi connectivity index (χ1) is 21.8. The number of benzene rings is 7. The molecule has 0 aliphatic carbocycles. The Bertz CT molecular complexity index is 2780. The molecule has 0 bridgehead atoms. The highest BCUT2D eigenvalue weighted by atomic mass is 15.2. The zero-order valence-corrected chi connectivity index (χ0v) is 23.6.